The lowest BCUT2D eigenvalue weighted by Gasteiger charge is -2.34. The molecular formula is C9H11F6N. The average Bonchev–Trinajstić information content (AvgIpc) is 2.05. The second kappa shape index (κ2) is 3.94. The van der Waals surface area contributed by atoms with Crippen molar-refractivity contribution in [2.24, 2.45) is 17.6 Å². The standard InChI is InChI=1S/C9H11F6N/c1-4-2-5(8(10,11)12)3-6(7(4)16)9(13,14)15/h2,4,6-7H,3,16H2,1H3/t4?,6-,7?/m0/s1. The van der Waals surface area contributed by atoms with E-state index in [0.29, 0.717) is 0 Å². The van der Waals surface area contributed by atoms with Crippen LogP contribution < -0.4 is 5.73 Å². The van der Waals surface area contributed by atoms with Crippen molar-refractivity contribution in [2.45, 2.75) is 31.7 Å². The van der Waals surface area contributed by atoms with Crippen molar-refractivity contribution in [2.75, 3.05) is 0 Å². The number of rotatable bonds is 0. The summed E-state index contributed by atoms with van der Waals surface area (Å²) < 4.78 is 74.3. The molecular weight excluding hydrogens is 236 g/mol. The Bertz CT molecular complexity index is 289. The largest absolute Gasteiger partial charge is 0.412 e. The van der Waals surface area contributed by atoms with Crippen LogP contribution in [0.3, 0.4) is 0 Å². The molecule has 0 spiro atoms. The predicted molar refractivity (Wildman–Crippen MR) is 45.4 cm³/mol. The minimum Gasteiger partial charge on any atom is -0.327 e. The predicted octanol–water partition coefficient (Wildman–Crippen LogP) is 3.02. The molecule has 1 rings (SSSR count). The molecule has 0 aliphatic heterocycles. The Hall–Kier alpha value is -0.720. The lowest BCUT2D eigenvalue weighted by Crippen LogP contribution is -2.47. The van der Waals surface area contributed by atoms with Gasteiger partial charge in [0.25, 0.3) is 0 Å². The number of nitrogens with two attached hydrogens (primary N) is 1. The van der Waals surface area contributed by atoms with Gasteiger partial charge in [0.05, 0.1) is 5.92 Å². The molecule has 1 aliphatic carbocycles. The van der Waals surface area contributed by atoms with Crippen molar-refractivity contribution in [3.05, 3.63) is 11.6 Å². The van der Waals surface area contributed by atoms with E-state index >= 15 is 0 Å². The summed E-state index contributed by atoms with van der Waals surface area (Å²) in [6.45, 7) is 1.26. The van der Waals surface area contributed by atoms with Gasteiger partial charge < -0.3 is 5.73 Å². The fourth-order valence-corrected chi connectivity index (χ4v) is 1.78. The van der Waals surface area contributed by atoms with Crippen LogP contribution in [0.5, 0.6) is 0 Å². The molecule has 0 bridgehead atoms. The Kier molecular flexibility index (Phi) is 3.29. The van der Waals surface area contributed by atoms with E-state index in [1.54, 1.807) is 0 Å². The summed E-state index contributed by atoms with van der Waals surface area (Å²) in [5, 5.41) is 0. The van der Waals surface area contributed by atoms with Crippen LogP contribution in [0.4, 0.5) is 26.3 Å². The summed E-state index contributed by atoms with van der Waals surface area (Å²) in [7, 11) is 0. The first-order chi connectivity index (χ1) is 7.03. The molecule has 7 heteroatoms. The normalized spacial score (nSPS) is 32.5. The first-order valence-corrected chi connectivity index (χ1v) is 4.63. The number of allylic oxidation sites excluding steroid dienone is 1. The highest BCUT2D eigenvalue weighted by molar-refractivity contribution is 5.18. The van der Waals surface area contributed by atoms with Gasteiger partial charge in [0.1, 0.15) is 0 Å². The second-order valence-electron chi connectivity index (χ2n) is 3.98. The molecule has 1 aliphatic rings. The van der Waals surface area contributed by atoms with E-state index in [1.165, 1.54) is 6.92 Å². The Morgan fingerprint density at radius 1 is 1.19 bits per heavy atom. The highest BCUT2D eigenvalue weighted by Crippen LogP contribution is 2.43. The minimum absolute atomic E-state index is 0.785. The maximum Gasteiger partial charge on any atom is 0.412 e. The Morgan fingerprint density at radius 3 is 2.06 bits per heavy atom. The zero-order chi connectivity index (χ0) is 12.7. The molecule has 94 valence electrons. The van der Waals surface area contributed by atoms with Crippen molar-refractivity contribution in [1.29, 1.82) is 0 Å². The third kappa shape index (κ3) is 2.69. The third-order valence-electron chi connectivity index (χ3n) is 2.76. The first-order valence-electron chi connectivity index (χ1n) is 4.63. The summed E-state index contributed by atoms with van der Waals surface area (Å²) >= 11 is 0. The maximum absolute atomic E-state index is 12.5. The van der Waals surface area contributed by atoms with Crippen LogP contribution >= 0.6 is 0 Å². The number of hydrogen-bond acceptors (Lipinski definition) is 1. The van der Waals surface area contributed by atoms with Crippen LogP contribution in [-0.2, 0) is 0 Å². The highest BCUT2D eigenvalue weighted by atomic mass is 19.4. The SMILES string of the molecule is CC1C=C(C(F)(F)F)C[C@H](C(F)(F)F)C1N. The number of hydrogen-bond donors (Lipinski definition) is 1. The highest BCUT2D eigenvalue weighted by Gasteiger charge is 2.50. The summed E-state index contributed by atoms with van der Waals surface area (Å²) in [4.78, 5) is 0. The summed E-state index contributed by atoms with van der Waals surface area (Å²) in [5.74, 6) is -3.05. The van der Waals surface area contributed by atoms with E-state index in [9.17, 15) is 26.3 Å². The molecule has 3 atom stereocenters. The molecule has 1 nitrogen and oxygen atoms in total. The van der Waals surface area contributed by atoms with Crippen LogP contribution in [0, 0.1) is 11.8 Å². The van der Waals surface area contributed by atoms with E-state index < -0.39 is 42.2 Å². The molecule has 2 unspecified atom stereocenters. The summed E-state index contributed by atoms with van der Waals surface area (Å²) in [5.41, 5.74) is 4.15. The van der Waals surface area contributed by atoms with Gasteiger partial charge in [0.15, 0.2) is 0 Å². The van der Waals surface area contributed by atoms with Gasteiger partial charge in [0, 0.05) is 11.6 Å². The molecule has 0 heterocycles. The van der Waals surface area contributed by atoms with Crippen LogP contribution in [0.2, 0.25) is 0 Å². The quantitative estimate of drug-likeness (QED) is 0.516. The Balaban J connectivity index is 3.00. The van der Waals surface area contributed by atoms with E-state index in [4.69, 9.17) is 5.73 Å². The fourth-order valence-electron chi connectivity index (χ4n) is 1.78. The van der Waals surface area contributed by atoms with Gasteiger partial charge >= 0.3 is 12.4 Å². The van der Waals surface area contributed by atoms with Crippen molar-refractivity contribution in [3.8, 4) is 0 Å². The van der Waals surface area contributed by atoms with Crippen molar-refractivity contribution in [3.63, 3.8) is 0 Å². The van der Waals surface area contributed by atoms with Gasteiger partial charge in [-0.1, -0.05) is 13.0 Å². The van der Waals surface area contributed by atoms with E-state index in [-0.39, 0.29) is 0 Å². The first kappa shape index (κ1) is 13.3. The van der Waals surface area contributed by atoms with E-state index in [1.807, 2.05) is 0 Å². The van der Waals surface area contributed by atoms with Gasteiger partial charge in [-0.15, -0.1) is 0 Å². The van der Waals surface area contributed by atoms with Crippen LogP contribution in [-0.4, -0.2) is 18.4 Å². The molecule has 2 N–H and O–H groups in total. The molecule has 0 radical (unpaired) electrons. The average molecular weight is 247 g/mol. The summed E-state index contributed by atoms with van der Waals surface area (Å²) in [6.07, 6.45) is -9.71. The van der Waals surface area contributed by atoms with Gasteiger partial charge in [0.2, 0.25) is 0 Å². The Morgan fingerprint density at radius 2 is 1.69 bits per heavy atom. The van der Waals surface area contributed by atoms with Gasteiger partial charge in [-0.05, 0) is 12.3 Å². The molecule has 0 aromatic rings. The van der Waals surface area contributed by atoms with E-state index in [2.05, 4.69) is 0 Å². The smallest absolute Gasteiger partial charge is 0.327 e. The zero-order valence-electron chi connectivity index (χ0n) is 8.36. The molecule has 0 aromatic heterocycles. The summed E-state index contributed by atoms with van der Waals surface area (Å²) in [6, 6.07) is -1.31. The van der Waals surface area contributed by atoms with Crippen molar-refractivity contribution in [1.82, 2.24) is 0 Å². The van der Waals surface area contributed by atoms with Crippen molar-refractivity contribution < 1.29 is 26.3 Å². The van der Waals surface area contributed by atoms with Crippen LogP contribution in [0.25, 0.3) is 0 Å². The molecule has 16 heavy (non-hydrogen) atoms. The molecule has 0 saturated heterocycles. The third-order valence-corrected chi connectivity index (χ3v) is 2.76. The van der Waals surface area contributed by atoms with E-state index in [0.717, 1.165) is 6.08 Å². The number of halogens is 6. The topological polar surface area (TPSA) is 26.0 Å². The molecule has 0 aromatic carbocycles. The molecule has 0 fully saturated rings. The monoisotopic (exact) mass is 247 g/mol. The second-order valence-corrected chi connectivity index (χ2v) is 3.98. The molecule has 0 amide bonds. The van der Waals surface area contributed by atoms with Gasteiger partial charge in [-0.25, -0.2) is 0 Å². The molecule has 0 saturated carbocycles. The zero-order valence-corrected chi connectivity index (χ0v) is 8.36. The van der Waals surface area contributed by atoms with Crippen LogP contribution in [0.1, 0.15) is 13.3 Å². The van der Waals surface area contributed by atoms with Crippen LogP contribution in [0.15, 0.2) is 11.6 Å². The minimum atomic E-state index is -4.71. The lowest BCUT2D eigenvalue weighted by molar-refractivity contribution is -0.188. The Labute approximate surface area is 88.3 Å². The fraction of sp³-hybridized carbons (Fsp3) is 0.778. The van der Waals surface area contributed by atoms with Gasteiger partial charge in [-0.3, -0.25) is 0 Å². The lowest BCUT2D eigenvalue weighted by atomic mass is 9.78. The maximum atomic E-state index is 12.5. The van der Waals surface area contributed by atoms with Crippen molar-refractivity contribution >= 4 is 0 Å². The number of alkyl halides is 6. The van der Waals surface area contributed by atoms with Gasteiger partial charge in [-0.2, -0.15) is 26.3 Å².